The summed E-state index contributed by atoms with van der Waals surface area (Å²) in [6.07, 6.45) is 0.327. The van der Waals surface area contributed by atoms with Crippen molar-refractivity contribution in [1.82, 2.24) is 0 Å². The molecule has 0 aromatic heterocycles. The number of nitro groups is 1. The summed E-state index contributed by atoms with van der Waals surface area (Å²) in [6, 6.07) is 5.28. The average molecular weight is 242 g/mol. The van der Waals surface area contributed by atoms with Gasteiger partial charge in [-0.1, -0.05) is 0 Å². The van der Waals surface area contributed by atoms with Gasteiger partial charge < -0.3 is 4.74 Å². The van der Waals surface area contributed by atoms with Crippen molar-refractivity contribution >= 4 is 5.69 Å². The van der Waals surface area contributed by atoms with Crippen LogP contribution in [0, 0.1) is 21.4 Å². The van der Waals surface area contributed by atoms with Gasteiger partial charge in [0.05, 0.1) is 17.1 Å². The number of nitrogens with zero attached hydrogens (tertiary/aromatic N) is 2. The predicted octanol–water partition coefficient (Wildman–Crippen LogP) is 2.65. The summed E-state index contributed by atoms with van der Waals surface area (Å²) in [4.78, 5) is 9.77. The fraction of sp³-hybridized carbons (Fsp3) is 0.300. The number of nitro benzene ring substituents is 1. The molecule has 0 saturated carbocycles. The van der Waals surface area contributed by atoms with E-state index >= 15 is 0 Å². The number of halogens is 2. The Morgan fingerprint density at radius 3 is 2.76 bits per heavy atom. The standard InChI is InChI=1S/C10H8F2N2O3/c11-10(12)17-9-6-8(14(15)16)4-3-7(9)2-1-5-13/h3-4,6,10H,1-2H2. The van der Waals surface area contributed by atoms with Gasteiger partial charge in [-0.25, -0.2) is 0 Å². The van der Waals surface area contributed by atoms with E-state index in [0.29, 0.717) is 5.56 Å². The van der Waals surface area contributed by atoms with Crippen LogP contribution in [0.2, 0.25) is 0 Å². The Morgan fingerprint density at radius 1 is 1.53 bits per heavy atom. The zero-order valence-electron chi connectivity index (χ0n) is 8.60. The van der Waals surface area contributed by atoms with E-state index in [2.05, 4.69) is 4.74 Å². The van der Waals surface area contributed by atoms with E-state index in [1.165, 1.54) is 12.1 Å². The predicted molar refractivity (Wildman–Crippen MR) is 53.7 cm³/mol. The highest BCUT2D eigenvalue weighted by Gasteiger charge is 2.14. The molecule has 0 radical (unpaired) electrons. The lowest BCUT2D eigenvalue weighted by molar-refractivity contribution is -0.385. The molecule has 0 unspecified atom stereocenters. The van der Waals surface area contributed by atoms with Gasteiger partial charge in [-0.3, -0.25) is 10.1 Å². The zero-order valence-corrected chi connectivity index (χ0v) is 8.60. The van der Waals surface area contributed by atoms with E-state index in [1.807, 2.05) is 6.07 Å². The number of alkyl halides is 2. The lowest BCUT2D eigenvalue weighted by Gasteiger charge is -2.09. The molecule has 7 heteroatoms. The van der Waals surface area contributed by atoms with E-state index in [4.69, 9.17) is 5.26 Å². The normalized spacial score (nSPS) is 10.0. The Bertz CT molecular complexity index is 457. The van der Waals surface area contributed by atoms with Gasteiger partial charge in [0, 0.05) is 12.5 Å². The second kappa shape index (κ2) is 5.75. The van der Waals surface area contributed by atoms with Crippen LogP contribution in [0.1, 0.15) is 12.0 Å². The Kier molecular flexibility index (Phi) is 4.34. The van der Waals surface area contributed by atoms with Crippen molar-refractivity contribution in [3.8, 4) is 11.8 Å². The second-order valence-corrected chi connectivity index (χ2v) is 3.09. The van der Waals surface area contributed by atoms with Gasteiger partial charge >= 0.3 is 6.61 Å². The fourth-order valence-corrected chi connectivity index (χ4v) is 1.26. The van der Waals surface area contributed by atoms with E-state index in [0.717, 1.165) is 6.07 Å². The molecule has 1 aromatic rings. The summed E-state index contributed by atoms with van der Waals surface area (Å²) >= 11 is 0. The van der Waals surface area contributed by atoms with Crippen molar-refractivity contribution in [3.63, 3.8) is 0 Å². The molecule has 0 fully saturated rings. The summed E-state index contributed by atoms with van der Waals surface area (Å²) in [5.74, 6) is -0.260. The molecule has 17 heavy (non-hydrogen) atoms. The molecule has 0 aliphatic heterocycles. The molecule has 0 atom stereocenters. The molecular weight excluding hydrogens is 234 g/mol. The quantitative estimate of drug-likeness (QED) is 0.587. The lowest BCUT2D eigenvalue weighted by atomic mass is 10.1. The number of aryl methyl sites for hydroxylation is 1. The number of benzene rings is 1. The van der Waals surface area contributed by atoms with Gasteiger partial charge in [-0.2, -0.15) is 14.0 Å². The van der Waals surface area contributed by atoms with Crippen LogP contribution in [-0.2, 0) is 6.42 Å². The lowest BCUT2D eigenvalue weighted by Crippen LogP contribution is -2.05. The van der Waals surface area contributed by atoms with Crippen LogP contribution in [0.4, 0.5) is 14.5 Å². The Morgan fingerprint density at radius 2 is 2.24 bits per heavy atom. The first-order chi connectivity index (χ1) is 8.04. The molecule has 0 spiro atoms. The first-order valence-electron chi connectivity index (χ1n) is 4.63. The summed E-state index contributed by atoms with van der Waals surface area (Å²) in [6.45, 7) is -3.06. The monoisotopic (exact) mass is 242 g/mol. The first kappa shape index (κ1) is 12.8. The Labute approximate surface area is 95.4 Å². The molecule has 5 nitrogen and oxygen atoms in total. The molecule has 0 aliphatic carbocycles. The fourth-order valence-electron chi connectivity index (χ4n) is 1.26. The molecule has 1 rings (SSSR count). The van der Waals surface area contributed by atoms with Gasteiger partial charge in [0.15, 0.2) is 0 Å². The van der Waals surface area contributed by atoms with E-state index < -0.39 is 11.5 Å². The second-order valence-electron chi connectivity index (χ2n) is 3.09. The first-order valence-corrected chi connectivity index (χ1v) is 4.63. The van der Waals surface area contributed by atoms with Crippen molar-refractivity contribution in [2.75, 3.05) is 0 Å². The third-order valence-electron chi connectivity index (χ3n) is 1.98. The number of hydrogen-bond donors (Lipinski definition) is 0. The largest absolute Gasteiger partial charge is 0.434 e. The molecule has 1 aromatic carbocycles. The average Bonchev–Trinajstić information content (AvgIpc) is 2.26. The van der Waals surface area contributed by atoms with Gasteiger partial charge in [0.25, 0.3) is 5.69 Å². The highest BCUT2D eigenvalue weighted by atomic mass is 19.3. The number of non-ortho nitro benzene ring substituents is 1. The van der Waals surface area contributed by atoms with Crippen molar-refractivity contribution in [1.29, 1.82) is 5.26 Å². The zero-order chi connectivity index (χ0) is 12.8. The van der Waals surface area contributed by atoms with Crippen molar-refractivity contribution in [2.45, 2.75) is 19.5 Å². The molecule has 0 amide bonds. The molecule has 0 bridgehead atoms. The third kappa shape index (κ3) is 3.68. The smallest absolute Gasteiger partial charge is 0.387 e. The minimum atomic E-state index is -3.06. The molecular formula is C10H8F2N2O3. The molecule has 0 aliphatic rings. The number of nitriles is 1. The highest BCUT2D eigenvalue weighted by Crippen LogP contribution is 2.27. The van der Waals surface area contributed by atoms with Gasteiger partial charge in [-0.05, 0) is 18.1 Å². The van der Waals surface area contributed by atoms with Crippen LogP contribution in [0.5, 0.6) is 5.75 Å². The Balaban J connectivity index is 3.03. The van der Waals surface area contributed by atoms with Gasteiger partial charge in [0.2, 0.25) is 0 Å². The summed E-state index contributed by atoms with van der Waals surface area (Å²) in [7, 11) is 0. The maximum absolute atomic E-state index is 12.1. The summed E-state index contributed by atoms with van der Waals surface area (Å²) in [5, 5.41) is 18.9. The minimum Gasteiger partial charge on any atom is -0.434 e. The van der Waals surface area contributed by atoms with Crippen LogP contribution in [-0.4, -0.2) is 11.5 Å². The summed E-state index contributed by atoms with van der Waals surface area (Å²) < 4.78 is 28.4. The van der Waals surface area contributed by atoms with Crippen LogP contribution in [0.25, 0.3) is 0 Å². The highest BCUT2D eigenvalue weighted by molar-refractivity contribution is 5.44. The molecule has 0 heterocycles. The van der Waals surface area contributed by atoms with Crippen molar-refractivity contribution in [2.24, 2.45) is 0 Å². The van der Waals surface area contributed by atoms with Crippen molar-refractivity contribution < 1.29 is 18.4 Å². The number of rotatable bonds is 5. The number of hydrogen-bond acceptors (Lipinski definition) is 4. The minimum absolute atomic E-state index is 0.122. The van der Waals surface area contributed by atoms with Crippen LogP contribution in [0.3, 0.4) is 0 Å². The molecule has 90 valence electrons. The maximum Gasteiger partial charge on any atom is 0.387 e. The van der Waals surface area contributed by atoms with Crippen LogP contribution < -0.4 is 4.74 Å². The van der Waals surface area contributed by atoms with Crippen molar-refractivity contribution in [3.05, 3.63) is 33.9 Å². The van der Waals surface area contributed by atoms with Gasteiger partial charge in [-0.15, -0.1) is 0 Å². The van der Waals surface area contributed by atoms with Crippen LogP contribution >= 0.6 is 0 Å². The van der Waals surface area contributed by atoms with E-state index in [-0.39, 0.29) is 24.3 Å². The molecule has 0 saturated heterocycles. The van der Waals surface area contributed by atoms with Crippen LogP contribution in [0.15, 0.2) is 18.2 Å². The Hall–Kier alpha value is -2.23. The SMILES string of the molecule is N#CCCc1ccc([N+](=O)[O-])cc1OC(F)F. The maximum atomic E-state index is 12.1. The summed E-state index contributed by atoms with van der Waals surface area (Å²) in [5.41, 5.74) is 0.0128. The number of ether oxygens (including phenoxy) is 1. The topological polar surface area (TPSA) is 76.2 Å². The third-order valence-corrected chi connectivity index (χ3v) is 1.98. The van der Waals surface area contributed by atoms with Gasteiger partial charge in [0.1, 0.15) is 5.75 Å². The van der Waals surface area contributed by atoms with E-state index in [9.17, 15) is 18.9 Å². The van der Waals surface area contributed by atoms with E-state index in [1.54, 1.807) is 0 Å². The molecule has 0 N–H and O–H groups in total.